The highest BCUT2D eigenvalue weighted by atomic mass is 16.6. The zero-order valence-corrected chi connectivity index (χ0v) is 18.9. The fourth-order valence-corrected chi connectivity index (χ4v) is 3.54. The number of hydrogen-bond acceptors (Lipinski definition) is 8. The number of nitrogens with zero attached hydrogens (tertiary/aromatic N) is 1. The van der Waals surface area contributed by atoms with Crippen molar-refractivity contribution in [1.29, 1.82) is 0 Å². The number of ketones is 2. The van der Waals surface area contributed by atoms with Gasteiger partial charge < -0.3 is 14.6 Å². The van der Waals surface area contributed by atoms with E-state index in [1.165, 1.54) is 6.92 Å². The standard InChI is InChI=1S/C24H29NO8/c1-15(21(32-17(3)27)20(29)13-12-19(28)11-7-8-14-26)23(30)25-16(2)22(33-24(25)31)18-9-5-4-6-10-18/h4-6,9-10,12-13,15-16,21-22,26H,7-8,11,14H2,1-3H3/t15-,16-,21-,22-/m1/s1. The molecule has 1 aromatic rings. The Morgan fingerprint density at radius 3 is 2.42 bits per heavy atom. The van der Waals surface area contributed by atoms with Gasteiger partial charge in [-0.3, -0.25) is 19.2 Å². The lowest BCUT2D eigenvalue weighted by Gasteiger charge is -2.26. The van der Waals surface area contributed by atoms with Crippen molar-refractivity contribution in [3.05, 3.63) is 48.0 Å². The third kappa shape index (κ3) is 6.82. The molecule has 1 N–H and O–H groups in total. The molecule has 0 aliphatic carbocycles. The Kier molecular flexibility index (Phi) is 9.47. The average molecular weight is 459 g/mol. The zero-order chi connectivity index (χ0) is 24.5. The molecule has 1 saturated heterocycles. The van der Waals surface area contributed by atoms with Crippen molar-refractivity contribution in [2.24, 2.45) is 5.92 Å². The maximum atomic E-state index is 13.1. The van der Waals surface area contributed by atoms with Gasteiger partial charge in [-0.1, -0.05) is 30.3 Å². The van der Waals surface area contributed by atoms with Gasteiger partial charge in [-0.05, 0) is 44.4 Å². The Labute approximate surface area is 192 Å². The van der Waals surface area contributed by atoms with Gasteiger partial charge in [-0.25, -0.2) is 9.69 Å². The fourth-order valence-electron chi connectivity index (χ4n) is 3.54. The molecule has 2 amide bonds. The SMILES string of the molecule is CC(=O)O[C@@H](C(=O)C=CC(=O)CCCCO)[C@@H](C)C(=O)N1C(=O)O[C@@H](c2ccccc2)[C@H]1C. The van der Waals surface area contributed by atoms with Crippen LogP contribution in [0.3, 0.4) is 0 Å². The van der Waals surface area contributed by atoms with Gasteiger partial charge in [-0.15, -0.1) is 0 Å². The summed E-state index contributed by atoms with van der Waals surface area (Å²) in [5.41, 5.74) is 0.719. The molecular weight excluding hydrogens is 430 g/mol. The summed E-state index contributed by atoms with van der Waals surface area (Å²) in [6, 6.07) is 8.30. The molecule has 9 heteroatoms. The Morgan fingerprint density at radius 2 is 1.82 bits per heavy atom. The Morgan fingerprint density at radius 1 is 1.15 bits per heavy atom. The summed E-state index contributed by atoms with van der Waals surface area (Å²) in [6.45, 7) is 4.09. The molecule has 1 fully saturated rings. The zero-order valence-electron chi connectivity index (χ0n) is 18.9. The lowest BCUT2D eigenvalue weighted by atomic mass is 9.96. The van der Waals surface area contributed by atoms with E-state index in [0.717, 1.165) is 29.5 Å². The van der Waals surface area contributed by atoms with Crippen LogP contribution in [0, 0.1) is 5.92 Å². The van der Waals surface area contributed by atoms with Crippen LogP contribution in [-0.4, -0.2) is 58.3 Å². The molecule has 33 heavy (non-hydrogen) atoms. The van der Waals surface area contributed by atoms with Gasteiger partial charge >= 0.3 is 12.1 Å². The van der Waals surface area contributed by atoms with Crippen LogP contribution in [0.25, 0.3) is 0 Å². The molecule has 1 aromatic carbocycles. The number of imide groups is 1. The first-order valence-corrected chi connectivity index (χ1v) is 10.8. The summed E-state index contributed by atoms with van der Waals surface area (Å²) in [4.78, 5) is 62.7. The Bertz CT molecular complexity index is 910. The number of ether oxygens (including phenoxy) is 2. The van der Waals surface area contributed by atoms with Crippen LogP contribution in [0.1, 0.15) is 51.7 Å². The molecule has 2 rings (SSSR count). The predicted octanol–water partition coefficient (Wildman–Crippen LogP) is 2.52. The van der Waals surface area contributed by atoms with E-state index in [4.69, 9.17) is 14.6 Å². The minimum Gasteiger partial charge on any atom is -0.453 e. The number of aliphatic hydroxyl groups excluding tert-OH is 1. The van der Waals surface area contributed by atoms with E-state index in [9.17, 15) is 24.0 Å². The Balaban J connectivity index is 2.15. The monoisotopic (exact) mass is 459 g/mol. The molecule has 0 aromatic heterocycles. The van der Waals surface area contributed by atoms with Gasteiger partial charge in [-0.2, -0.15) is 0 Å². The third-order valence-corrected chi connectivity index (χ3v) is 5.32. The van der Waals surface area contributed by atoms with Crippen LogP contribution < -0.4 is 0 Å². The number of cyclic esters (lactones) is 1. The fraction of sp³-hybridized carbons (Fsp3) is 0.458. The van der Waals surface area contributed by atoms with E-state index >= 15 is 0 Å². The number of amides is 2. The molecule has 0 bridgehead atoms. The van der Waals surface area contributed by atoms with Crippen LogP contribution in [0.15, 0.2) is 42.5 Å². The minimum atomic E-state index is -1.51. The van der Waals surface area contributed by atoms with Crippen LogP contribution in [-0.2, 0) is 28.7 Å². The number of rotatable bonds is 11. The molecule has 178 valence electrons. The molecule has 1 heterocycles. The van der Waals surface area contributed by atoms with Crippen LogP contribution in [0.5, 0.6) is 0 Å². The lowest BCUT2D eigenvalue weighted by molar-refractivity contribution is -0.158. The second kappa shape index (κ2) is 12.1. The second-order valence-electron chi connectivity index (χ2n) is 7.87. The normalized spacial score (nSPS) is 19.8. The molecule has 9 nitrogen and oxygen atoms in total. The lowest BCUT2D eigenvalue weighted by Crippen LogP contribution is -2.47. The van der Waals surface area contributed by atoms with Crippen LogP contribution in [0.4, 0.5) is 4.79 Å². The number of unbranched alkanes of at least 4 members (excludes halogenated alkanes) is 1. The predicted molar refractivity (Wildman–Crippen MR) is 117 cm³/mol. The first-order chi connectivity index (χ1) is 15.7. The summed E-state index contributed by atoms with van der Waals surface area (Å²) in [5.74, 6) is -3.79. The highest BCUT2D eigenvalue weighted by molar-refractivity contribution is 6.04. The quantitative estimate of drug-likeness (QED) is 0.304. The molecule has 1 aliphatic rings. The number of carbonyl (C=O) groups excluding carboxylic acids is 5. The van der Waals surface area contributed by atoms with E-state index in [1.54, 1.807) is 31.2 Å². The van der Waals surface area contributed by atoms with Crippen molar-refractivity contribution < 1.29 is 38.6 Å². The molecule has 0 saturated carbocycles. The van der Waals surface area contributed by atoms with E-state index in [0.29, 0.717) is 12.8 Å². The van der Waals surface area contributed by atoms with Crippen molar-refractivity contribution in [3.8, 4) is 0 Å². The molecule has 0 unspecified atom stereocenters. The van der Waals surface area contributed by atoms with Gasteiger partial charge in [0.1, 0.15) is 6.10 Å². The molecule has 0 radical (unpaired) electrons. The first-order valence-electron chi connectivity index (χ1n) is 10.8. The topological polar surface area (TPSA) is 127 Å². The van der Waals surface area contributed by atoms with Gasteiger partial charge in [0.15, 0.2) is 17.7 Å². The molecular formula is C24H29NO8. The third-order valence-electron chi connectivity index (χ3n) is 5.32. The molecule has 0 spiro atoms. The number of benzene rings is 1. The number of allylic oxidation sites excluding steroid dienone is 1. The van der Waals surface area contributed by atoms with Gasteiger partial charge in [0.25, 0.3) is 0 Å². The van der Waals surface area contributed by atoms with E-state index in [1.807, 2.05) is 6.07 Å². The summed E-state index contributed by atoms with van der Waals surface area (Å²) in [6.07, 6.45) is 0.0765. The Hall–Kier alpha value is -3.33. The van der Waals surface area contributed by atoms with Gasteiger partial charge in [0, 0.05) is 20.0 Å². The number of hydrogen-bond donors (Lipinski definition) is 1. The van der Waals surface area contributed by atoms with Gasteiger partial charge in [0.2, 0.25) is 5.91 Å². The van der Waals surface area contributed by atoms with Crippen molar-refractivity contribution in [3.63, 3.8) is 0 Å². The van der Waals surface area contributed by atoms with E-state index in [2.05, 4.69) is 0 Å². The van der Waals surface area contributed by atoms with Crippen molar-refractivity contribution in [2.75, 3.05) is 6.61 Å². The largest absolute Gasteiger partial charge is 0.453 e. The van der Waals surface area contributed by atoms with Gasteiger partial charge in [0.05, 0.1) is 12.0 Å². The highest BCUT2D eigenvalue weighted by Crippen LogP contribution is 2.33. The highest BCUT2D eigenvalue weighted by Gasteiger charge is 2.47. The van der Waals surface area contributed by atoms with Crippen molar-refractivity contribution in [2.45, 2.75) is 58.3 Å². The molecule has 1 aliphatic heterocycles. The average Bonchev–Trinajstić information content (AvgIpc) is 3.09. The first kappa shape index (κ1) is 25.9. The maximum absolute atomic E-state index is 13.1. The van der Waals surface area contributed by atoms with Crippen molar-refractivity contribution >= 4 is 29.5 Å². The number of carbonyl (C=O) groups is 5. The van der Waals surface area contributed by atoms with Crippen LogP contribution >= 0.6 is 0 Å². The smallest absolute Gasteiger partial charge is 0.417 e. The minimum absolute atomic E-state index is 0.0352. The second-order valence-corrected chi connectivity index (χ2v) is 7.87. The van der Waals surface area contributed by atoms with E-state index in [-0.39, 0.29) is 18.8 Å². The van der Waals surface area contributed by atoms with Crippen molar-refractivity contribution in [1.82, 2.24) is 4.90 Å². The summed E-state index contributed by atoms with van der Waals surface area (Å²) in [7, 11) is 0. The summed E-state index contributed by atoms with van der Waals surface area (Å²) >= 11 is 0. The maximum Gasteiger partial charge on any atom is 0.417 e. The van der Waals surface area contributed by atoms with Crippen LogP contribution in [0.2, 0.25) is 0 Å². The number of esters is 1. The summed E-state index contributed by atoms with van der Waals surface area (Å²) in [5, 5.41) is 8.77. The van der Waals surface area contributed by atoms with E-state index < -0.39 is 47.9 Å². The number of aliphatic hydroxyl groups is 1. The molecule has 4 atom stereocenters. The summed E-state index contributed by atoms with van der Waals surface area (Å²) < 4.78 is 10.5.